The minimum Gasteiger partial charge on any atom is -0.503 e. The standard InChI is InChI=1S/C28H25NO5/c1-28(2,3)19-12-10-17(11-13-19)24-23(25(30)22-15-18-7-4-5-9-21(18)34-22)26(31)27(32)29(24)16-20-8-6-14-33-20/h4-15,24,31H,16H2,1-3H3/t24-/m1/s1. The Labute approximate surface area is 197 Å². The molecule has 2 aromatic heterocycles. The van der Waals surface area contributed by atoms with E-state index in [1.54, 1.807) is 24.3 Å². The van der Waals surface area contributed by atoms with Crippen LogP contribution in [0.25, 0.3) is 11.0 Å². The van der Waals surface area contributed by atoms with Crippen LogP contribution in [0, 0.1) is 0 Å². The number of benzene rings is 2. The van der Waals surface area contributed by atoms with E-state index in [9.17, 15) is 14.7 Å². The summed E-state index contributed by atoms with van der Waals surface area (Å²) in [6, 6.07) is 19.4. The van der Waals surface area contributed by atoms with Crippen LogP contribution >= 0.6 is 0 Å². The maximum atomic E-state index is 13.6. The zero-order valence-electron chi connectivity index (χ0n) is 19.2. The van der Waals surface area contributed by atoms with Gasteiger partial charge in [-0.1, -0.05) is 63.2 Å². The molecule has 0 aliphatic carbocycles. The van der Waals surface area contributed by atoms with Crippen molar-refractivity contribution < 1.29 is 23.5 Å². The number of carbonyl (C=O) groups excluding carboxylic acids is 2. The van der Waals surface area contributed by atoms with Crippen LogP contribution in [0.5, 0.6) is 0 Å². The van der Waals surface area contributed by atoms with Crippen LogP contribution in [0.1, 0.15) is 54.3 Å². The van der Waals surface area contributed by atoms with Crippen molar-refractivity contribution in [1.82, 2.24) is 4.90 Å². The van der Waals surface area contributed by atoms with Crippen molar-refractivity contribution in [3.8, 4) is 0 Å². The monoisotopic (exact) mass is 455 g/mol. The van der Waals surface area contributed by atoms with Crippen molar-refractivity contribution in [3.05, 3.63) is 107 Å². The van der Waals surface area contributed by atoms with Gasteiger partial charge in [-0.15, -0.1) is 0 Å². The number of fused-ring (bicyclic) bond motifs is 1. The lowest BCUT2D eigenvalue weighted by Gasteiger charge is -2.27. The maximum Gasteiger partial charge on any atom is 0.290 e. The van der Waals surface area contributed by atoms with Gasteiger partial charge in [0.25, 0.3) is 5.91 Å². The van der Waals surface area contributed by atoms with Gasteiger partial charge in [0.1, 0.15) is 11.3 Å². The molecule has 0 bridgehead atoms. The quantitative estimate of drug-likeness (QED) is 0.368. The maximum absolute atomic E-state index is 13.6. The third-order valence-corrected chi connectivity index (χ3v) is 6.20. The van der Waals surface area contributed by atoms with E-state index in [0.717, 1.165) is 16.5 Å². The third-order valence-electron chi connectivity index (χ3n) is 6.20. The van der Waals surface area contributed by atoms with E-state index in [4.69, 9.17) is 8.83 Å². The molecule has 1 amide bonds. The second-order valence-electron chi connectivity index (χ2n) is 9.53. The number of Topliss-reactive ketones (excluding diaryl/α,β-unsaturated/α-hetero) is 1. The van der Waals surface area contributed by atoms with Gasteiger partial charge in [0.15, 0.2) is 11.5 Å². The Kier molecular flexibility index (Phi) is 5.16. The van der Waals surface area contributed by atoms with E-state index in [1.165, 1.54) is 11.2 Å². The summed E-state index contributed by atoms with van der Waals surface area (Å²) in [5, 5.41) is 11.6. The van der Waals surface area contributed by atoms with Crippen molar-refractivity contribution >= 4 is 22.7 Å². The Morgan fingerprint density at radius 1 is 1.03 bits per heavy atom. The van der Waals surface area contributed by atoms with Crippen molar-refractivity contribution in [2.24, 2.45) is 0 Å². The molecule has 0 saturated heterocycles. The molecule has 3 heterocycles. The molecule has 172 valence electrons. The Morgan fingerprint density at radius 3 is 2.41 bits per heavy atom. The minimum absolute atomic E-state index is 0.000814. The van der Waals surface area contributed by atoms with Gasteiger partial charge in [0.05, 0.1) is 24.4 Å². The lowest BCUT2D eigenvalue weighted by molar-refractivity contribution is -0.130. The van der Waals surface area contributed by atoms with E-state index in [0.29, 0.717) is 11.3 Å². The molecule has 0 saturated carbocycles. The predicted molar refractivity (Wildman–Crippen MR) is 127 cm³/mol. The number of hydrogen-bond donors (Lipinski definition) is 1. The SMILES string of the molecule is CC(C)(C)c1ccc([C@@H]2C(C(=O)c3cc4ccccc4o3)=C(O)C(=O)N2Cc2ccco2)cc1. The summed E-state index contributed by atoms with van der Waals surface area (Å²) < 4.78 is 11.2. The molecule has 0 radical (unpaired) electrons. The highest BCUT2D eigenvalue weighted by Crippen LogP contribution is 2.41. The fourth-order valence-electron chi connectivity index (χ4n) is 4.36. The van der Waals surface area contributed by atoms with E-state index in [-0.39, 0.29) is 23.3 Å². The summed E-state index contributed by atoms with van der Waals surface area (Å²) in [5.41, 5.74) is 2.35. The Bertz CT molecular complexity index is 1370. The molecular weight excluding hydrogens is 430 g/mol. The number of aliphatic hydroxyl groups excluding tert-OH is 1. The van der Waals surface area contributed by atoms with Crippen molar-refractivity contribution in [2.45, 2.75) is 38.8 Å². The number of carbonyl (C=O) groups is 2. The van der Waals surface area contributed by atoms with Crippen molar-refractivity contribution in [1.29, 1.82) is 0 Å². The summed E-state index contributed by atoms with van der Waals surface area (Å²) >= 11 is 0. The van der Waals surface area contributed by atoms with Gasteiger partial charge in [-0.2, -0.15) is 0 Å². The number of aliphatic hydroxyl groups is 1. The van der Waals surface area contributed by atoms with Crippen LogP contribution in [0.4, 0.5) is 0 Å². The zero-order chi connectivity index (χ0) is 24.0. The first-order valence-corrected chi connectivity index (χ1v) is 11.1. The summed E-state index contributed by atoms with van der Waals surface area (Å²) in [6.45, 7) is 6.46. The van der Waals surface area contributed by atoms with Gasteiger partial charge in [-0.25, -0.2) is 0 Å². The Hall–Kier alpha value is -4.06. The van der Waals surface area contributed by atoms with Crippen LogP contribution in [0.15, 0.2) is 93.2 Å². The molecule has 4 aromatic rings. The van der Waals surface area contributed by atoms with E-state index in [1.807, 2.05) is 42.5 Å². The number of rotatable bonds is 5. The molecule has 6 heteroatoms. The van der Waals surface area contributed by atoms with E-state index in [2.05, 4.69) is 20.8 Å². The van der Waals surface area contributed by atoms with Gasteiger partial charge in [0.2, 0.25) is 5.78 Å². The Balaban J connectivity index is 1.60. The lowest BCUT2D eigenvalue weighted by Crippen LogP contribution is -2.30. The molecule has 1 N–H and O–H groups in total. The van der Waals surface area contributed by atoms with Crippen LogP contribution < -0.4 is 0 Å². The first-order valence-electron chi connectivity index (χ1n) is 11.1. The largest absolute Gasteiger partial charge is 0.503 e. The number of furan rings is 2. The van der Waals surface area contributed by atoms with Crippen molar-refractivity contribution in [2.75, 3.05) is 0 Å². The van der Waals surface area contributed by atoms with Crippen LogP contribution in [-0.4, -0.2) is 21.7 Å². The second-order valence-corrected chi connectivity index (χ2v) is 9.53. The molecule has 1 aliphatic heterocycles. The Morgan fingerprint density at radius 2 is 1.76 bits per heavy atom. The van der Waals surface area contributed by atoms with E-state index < -0.39 is 23.5 Å². The molecule has 5 rings (SSSR count). The highest BCUT2D eigenvalue weighted by molar-refractivity contribution is 6.16. The highest BCUT2D eigenvalue weighted by atomic mass is 16.3. The highest BCUT2D eigenvalue weighted by Gasteiger charge is 2.45. The minimum atomic E-state index is -0.785. The number of para-hydroxylation sites is 1. The molecule has 34 heavy (non-hydrogen) atoms. The van der Waals surface area contributed by atoms with Gasteiger partial charge >= 0.3 is 0 Å². The van der Waals surface area contributed by atoms with Crippen molar-refractivity contribution in [3.63, 3.8) is 0 Å². The fourth-order valence-corrected chi connectivity index (χ4v) is 4.36. The topological polar surface area (TPSA) is 83.9 Å². The van der Waals surface area contributed by atoms with E-state index >= 15 is 0 Å². The smallest absolute Gasteiger partial charge is 0.290 e. The molecule has 1 atom stereocenters. The molecule has 6 nitrogen and oxygen atoms in total. The number of ketones is 1. The number of amides is 1. The van der Waals surface area contributed by atoms with Gasteiger partial charge in [-0.05, 0) is 40.8 Å². The number of nitrogens with zero attached hydrogens (tertiary/aromatic N) is 1. The normalized spacial score (nSPS) is 16.6. The molecular formula is C28H25NO5. The second kappa shape index (κ2) is 8.06. The summed E-state index contributed by atoms with van der Waals surface area (Å²) in [4.78, 5) is 28.2. The fraction of sp³-hybridized carbons (Fsp3) is 0.214. The summed E-state index contributed by atoms with van der Waals surface area (Å²) in [5.74, 6) is -1.09. The molecule has 0 spiro atoms. The van der Waals surface area contributed by atoms with Gasteiger partial charge < -0.3 is 18.8 Å². The van der Waals surface area contributed by atoms with Crippen LogP contribution in [0.3, 0.4) is 0 Å². The summed E-state index contributed by atoms with van der Waals surface area (Å²) in [7, 11) is 0. The average molecular weight is 456 g/mol. The molecule has 0 fully saturated rings. The van der Waals surface area contributed by atoms with Gasteiger partial charge in [-0.3, -0.25) is 9.59 Å². The summed E-state index contributed by atoms with van der Waals surface area (Å²) in [6.07, 6.45) is 1.52. The molecule has 1 aliphatic rings. The lowest BCUT2D eigenvalue weighted by atomic mass is 9.85. The van der Waals surface area contributed by atoms with Gasteiger partial charge in [0, 0.05) is 5.39 Å². The average Bonchev–Trinajstić information content (AvgIpc) is 3.53. The molecule has 0 unspecified atom stereocenters. The molecule has 2 aromatic carbocycles. The predicted octanol–water partition coefficient (Wildman–Crippen LogP) is 6.10. The van der Waals surface area contributed by atoms with Crippen LogP contribution in [0.2, 0.25) is 0 Å². The number of hydrogen-bond acceptors (Lipinski definition) is 5. The zero-order valence-corrected chi connectivity index (χ0v) is 19.2. The third kappa shape index (κ3) is 3.71. The van der Waals surface area contributed by atoms with Crippen LogP contribution in [-0.2, 0) is 16.8 Å². The first kappa shape index (κ1) is 21.8. The first-order chi connectivity index (χ1) is 16.2.